The fourth-order valence-corrected chi connectivity index (χ4v) is 1.81. The second kappa shape index (κ2) is 7.39. The normalized spacial score (nSPS) is 14.7. The minimum atomic E-state index is 0.872. The van der Waals surface area contributed by atoms with E-state index in [0.29, 0.717) is 0 Å². The van der Waals surface area contributed by atoms with Crippen LogP contribution in [0.3, 0.4) is 0 Å². The first-order valence-corrected chi connectivity index (χ1v) is 6.80. The van der Waals surface area contributed by atoms with E-state index in [-0.39, 0.29) is 0 Å². The van der Waals surface area contributed by atoms with E-state index in [2.05, 4.69) is 17.4 Å². The molecule has 0 unspecified atom stereocenters. The molecule has 3 heteroatoms. The zero-order chi connectivity index (χ0) is 12.6. The van der Waals surface area contributed by atoms with Crippen LogP contribution >= 0.6 is 0 Å². The third-order valence-corrected chi connectivity index (χ3v) is 3.18. The van der Waals surface area contributed by atoms with Gasteiger partial charge >= 0.3 is 0 Å². The van der Waals surface area contributed by atoms with Crippen molar-refractivity contribution in [2.24, 2.45) is 5.92 Å². The average molecular weight is 249 g/mol. The van der Waals surface area contributed by atoms with E-state index < -0.39 is 0 Å². The number of methoxy groups -OCH3 is 1. The molecule has 0 saturated heterocycles. The topological polar surface area (TPSA) is 30.5 Å². The molecule has 0 aliphatic heterocycles. The van der Waals surface area contributed by atoms with Gasteiger partial charge in [0.1, 0.15) is 5.75 Å². The van der Waals surface area contributed by atoms with Gasteiger partial charge in [-0.3, -0.25) is 0 Å². The van der Waals surface area contributed by atoms with Crippen LogP contribution < -0.4 is 10.1 Å². The predicted octanol–water partition coefficient (Wildman–Crippen LogP) is 2.60. The van der Waals surface area contributed by atoms with Crippen LogP contribution in [0, 0.1) is 5.92 Å². The molecule has 0 aromatic heterocycles. The van der Waals surface area contributed by atoms with Crippen LogP contribution in [-0.2, 0) is 11.3 Å². The second-order valence-electron chi connectivity index (χ2n) is 4.90. The molecule has 1 aliphatic rings. The van der Waals surface area contributed by atoms with Gasteiger partial charge in [0, 0.05) is 19.8 Å². The number of hydrogen-bond donors (Lipinski definition) is 1. The van der Waals surface area contributed by atoms with Crippen LogP contribution in [0.2, 0.25) is 0 Å². The SMILES string of the molecule is COc1ccc(CNCCCOCC2CC2)cc1. The molecule has 2 rings (SSSR count). The molecule has 0 amide bonds. The standard InChI is InChI=1S/C15H23NO2/c1-17-15-7-5-13(6-8-15)11-16-9-2-10-18-12-14-3-4-14/h5-8,14,16H,2-4,9-12H2,1H3. The Morgan fingerprint density at radius 2 is 2.00 bits per heavy atom. The Hall–Kier alpha value is -1.06. The third-order valence-electron chi connectivity index (χ3n) is 3.18. The first kappa shape index (κ1) is 13.4. The highest BCUT2D eigenvalue weighted by Crippen LogP contribution is 2.28. The predicted molar refractivity (Wildman–Crippen MR) is 72.9 cm³/mol. The molecule has 1 aliphatic carbocycles. The maximum atomic E-state index is 5.58. The van der Waals surface area contributed by atoms with Gasteiger partial charge in [0.2, 0.25) is 0 Å². The fourth-order valence-electron chi connectivity index (χ4n) is 1.81. The summed E-state index contributed by atoms with van der Waals surface area (Å²) in [6.07, 6.45) is 3.83. The van der Waals surface area contributed by atoms with Crippen molar-refractivity contribution in [3.63, 3.8) is 0 Å². The highest BCUT2D eigenvalue weighted by atomic mass is 16.5. The quantitative estimate of drug-likeness (QED) is 0.682. The molecule has 1 N–H and O–H groups in total. The lowest BCUT2D eigenvalue weighted by Gasteiger charge is -2.06. The Kier molecular flexibility index (Phi) is 5.49. The fraction of sp³-hybridized carbons (Fsp3) is 0.600. The molecule has 3 nitrogen and oxygen atoms in total. The Bertz CT molecular complexity index is 333. The minimum absolute atomic E-state index is 0.872. The van der Waals surface area contributed by atoms with E-state index in [0.717, 1.165) is 44.4 Å². The maximum absolute atomic E-state index is 5.58. The molecule has 18 heavy (non-hydrogen) atoms. The van der Waals surface area contributed by atoms with Crippen molar-refractivity contribution in [3.8, 4) is 5.75 Å². The number of ether oxygens (including phenoxy) is 2. The van der Waals surface area contributed by atoms with Gasteiger partial charge in [0.05, 0.1) is 7.11 Å². The molecule has 1 fully saturated rings. The van der Waals surface area contributed by atoms with Crippen LogP contribution in [0.1, 0.15) is 24.8 Å². The van der Waals surface area contributed by atoms with Crippen molar-refractivity contribution in [1.82, 2.24) is 5.32 Å². The summed E-state index contributed by atoms with van der Waals surface area (Å²) < 4.78 is 10.7. The zero-order valence-electron chi connectivity index (χ0n) is 11.2. The van der Waals surface area contributed by atoms with Gasteiger partial charge in [-0.25, -0.2) is 0 Å². The number of hydrogen-bond acceptors (Lipinski definition) is 3. The number of benzene rings is 1. The third kappa shape index (κ3) is 5.07. The van der Waals surface area contributed by atoms with Crippen molar-refractivity contribution in [1.29, 1.82) is 0 Å². The summed E-state index contributed by atoms with van der Waals surface area (Å²) in [5.41, 5.74) is 1.29. The van der Waals surface area contributed by atoms with Crippen molar-refractivity contribution in [2.45, 2.75) is 25.8 Å². The lowest BCUT2D eigenvalue weighted by Crippen LogP contribution is -2.16. The summed E-state index contributed by atoms with van der Waals surface area (Å²) >= 11 is 0. The van der Waals surface area contributed by atoms with Gasteiger partial charge < -0.3 is 14.8 Å². The van der Waals surface area contributed by atoms with Gasteiger partial charge in [-0.2, -0.15) is 0 Å². The van der Waals surface area contributed by atoms with Crippen LogP contribution in [0.25, 0.3) is 0 Å². The van der Waals surface area contributed by atoms with E-state index in [4.69, 9.17) is 9.47 Å². The molecular weight excluding hydrogens is 226 g/mol. The summed E-state index contributed by atoms with van der Waals surface area (Å²) in [7, 11) is 1.69. The second-order valence-corrected chi connectivity index (χ2v) is 4.90. The maximum Gasteiger partial charge on any atom is 0.118 e. The monoisotopic (exact) mass is 249 g/mol. The van der Waals surface area contributed by atoms with Crippen molar-refractivity contribution < 1.29 is 9.47 Å². The molecule has 0 radical (unpaired) electrons. The largest absolute Gasteiger partial charge is 0.497 e. The lowest BCUT2D eigenvalue weighted by atomic mass is 10.2. The summed E-state index contributed by atoms with van der Waals surface area (Å²) in [6, 6.07) is 8.18. The summed E-state index contributed by atoms with van der Waals surface area (Å²) in [5, 5.41) is 3.42. The molecular formula is C15H23NO2. The summed E-state index contributed by atoms with van der Waals surface area (Å²) in [4.78, 5) is 0. The minimum Gasteiger partial charge on any atom is -0.497 e. The van der Waals surface area contributed by atoms with E-state index in [1.54, 1.807) is 7.11 Å². The van der Waals surface area contributed by atoms with Crippen molar-refractivity contribution in [3.05, 3.63) is 29.8 Å². The van der Waals surface area contributed by atoms with E-state index in [1.165, 1.54) is 18.4 Å². The van der Waals surface area contributed by atoms with Crippen LogP contribution in [0.4, 0.5) is 0 Å². The van der Waals surface area contributed by atoms with E-state index in [1.807, 2.05) is 12.1 Å². The number of nitrogens with one attached hydrogen (secondary N) is 1. The van der Waals surface area contributed by atoms with E-state index >= 15 is 0 Å². The molecule has 0 heterocycles. The number of rotatable bonds is 9. The molecule has 1 aromatic carbocycles. The highest BCUT2D eigenvalue weighted by molar-refractivity contribution is 5.26. The first-order chi connectivity index (χ1) is 8.88. The molecule has 0 atom stereocenters. The first-order valence-electron chi connectivity index (χ1n) is 6.80. The van der Waals surface area contributed by atoms with Gasteiger partial charge in [-0.15, -0.1) is 0 Å². The molecule has 1 aromatic rings. The average Bonchev–Trinajstić information content (AvgIpc) is 3.22. The van der Waals surface area contributed by atoms with Gasteiger partial charge in [0.15, 0.2) is 0 Å². The molecule has 0 bridgehead atoms. The van der Waals surface area contributed by atoms with Crippen LogP contribution in [0.15, 0.2) is 24.3 Å². The van der Waals surface area contributed by atoms with E-state index in [9.17, 15) is 0 Å². The summed E-state index contributed by atoms with van der Waals surface area (Å²) in [6.45, 7) is 3.77. The van der Waals surface area contributed by atoms with Gasteiger partial charge in [-0.1, -0.05) is 12.1 Å². The van der Waals surface area contributed by atoms with Crippen LogP contribution in [0.5, 0.6) is 5.75 Å². The molecule has 0 spiro atoms. The Labute approximate surface area is 109 Å². The summed E-state index contributed by atoms with van der Waals surface area (Å²) in [5.74, 6) is 1.78. The smallest absolute Gasteiger partial charge is 0.118 e. The molecule has 1 saturated carbocycles. The zero-order valence-corrected chi connectivity index (χ0v) is 11.2. The Morgan fingerprint density at radius 1 is 1.22 bits per heavy atom. The van der Waals surface area contributed by atoms with Crippen LogP contribution in [-0.4, -0.2) is 26.9 Å². The Balaban J connectivity index is 1.48. The molecule has 100 valence electrons. The highest BCUT2D eigenvalue weighted by Gasteiger charge is 2.20. The van der Waals surface area contributed by atoms with Crippen molar-refractivity contribution >= 4 is 0 Å². The van der Waals surface area contributed by atoms with Crippen molar-refractivity contribution in [2.75, 3.05) is 26.9 Å². The lowest BCUT2D eigenvalue weighted by molar-refractivity contribution is 0.122. The van der Waals surface area contributed by atoms with Gasteiger partial charge in [0.25, 0.3) is 0 Å². The van der Waals surface area contributed by atoms with Gasteiger partial charge in [-0.05, 0) is 49.4 Å². The Morgan fingerprint density at radius 3 is 2.67 bits per heavy atom.